The van der Waals surface area contributed by atoms with Crippen LogP contribution in [-0.2, 0) is 10.3 Å². The SMILES string of the molecule is NC1(COCC(C2CCCCC2)[N+](=O)[O-])c2cc(Br)ccc2Oc2cnc(Cl)cc21. The molecule has 7 nitrogen and oxygen atoms in total. The molecule has 1 aliphatic heterocycles. The van der Waals surface area contributed by atoms with Crippen molar-refractivity contribution in [1.82, 2.24) is 4.98 Å². The molecule has 4 rings (SSSR count). The van der Waals surface area contributed by atoms with Crippen LogP contribution < -0.4 is 10.5 Å². The lowest BCUT2D eigenvalue weighted by molar-refractivity contribution is -0.537. The van der Waals surface area contributed by atoms with Gasteiger partial charge >= 0.3 is 0 Å². The van der Waals surface area contributed by atoms with Gasteiger partial charge in [-0.25, -0.2) is 4.98 Å². The largest absolute Gasteiger partial charge is 0.455 e. The highest BCUT2D eigenvalue weighted by atomic mass is 79.9. The van der Waals surface area contributed by atoms with E-state index in [2.05, 4.69) is 20.9 Å². The average Bonchev–Trinajstić information content (AvgIpc) is 2.73. The lowest BCUT2D eigenvalue weighted by Gasteiger charge is -2.37. The number of fused-ring (bicyclic) bond motifs is 2. The van der Waals surface area contributed by atoms with Crippen LogP contribution in [0.15, 0.2) is 34.9 Å². The standard InChI is InChI=1S/C21H23BrClN3O4/c22-14-6-7-18-15(8-14)21(24,16-9-20(23)25-10-19(16)30-18)12-29-11-17(26(27)28)13-4-2-1-3-5-13/h6-10,13,17H,1-5,11-12,24H2. The molecule has 2 atom stereocenters. The Morgan fingerprint density at radius 1 is 1.30 bits per heavy atom. The first kappa shape index (κ1) is 21.5. The molecule has 1 aromatic carbocycles. The fraction of sp³-hybridized carbons (Fsp3) is 0.476. The summed E-state index contributed by atoms with van der Waals surface area (Å²) in [6, 6.07) is 6.50. The number of nitro groups is 1. The summed E-state index contributed by atoms with van der Waals surface area (Å²) in [6.45, 7) is 0.0825. The van der Waals surface area contributed by atoms with Crippen LogP contribution in [0.2, 0.25) is 5.15 Å². The first-order valence-corrected chi connectivity index (χ1v) is 11.2. The number of rotatable bonds is 6. The van der Waals surface area contributed by atoms with Gasteiger partial charge in [-0.15, -0.1) is 0 Å². The Kier molecular flexibility index (Phi) is 6.29. The van der Waals surface area contributed by atoms with Crippen LogP contribution in [0.25, 0.3) is 0 Å². The zero-order valence-corrected chi connectivity index (χ0v) is 18.7. The number of aromatic nitrogens is 1. The normalized spacial score (nSPS) is 22.0. The second kappa shape index (κ2) is 8.78. The molecule has 0 radical (unpaired) electrons. The van der Waals surface area contributed by atoms with E-state index in [0.717, 1.165) is 42.1 Å². The Morgan fingerprint density at radius 2 is 2.03 bits per heavy atom. The molecule has 9 heteroatoms. The van der Waals surface area contributed by atoms with Crippen LogP contribution in [0.4, 0.5) is 0 Å². The molecule has 0 saturated heterocycles. The van der Waals surface area contributed by atoms with Gasteiger partial charge in [-0.3, -0.25) is 10.1 Å². The van der Waals surface area contributed by atoms with Crippen molar-refractivity contribution in [2.24, 2.45) is 11.7 Å². The molecule has 1 saturated carbocycles. The highest BCUT2D eigenvalue weighted by Gasteiger charge is 2.41. The summed E-state index contributed by atoms with van der Waals surface area (Å²) < 4.78 is 12.7. The fourth-order valence-corrected chi connectivity index (χ4v) is 4.95. The number of nitrogens with zero attached hydrogens (tertiary/aromatic N) is 2. The molecule has 0 spiro atoms. The molecular formula is C21H23BrClN3O4. The maximum atomic E-state index is 11.7. The number of nitrogens with two attached hydrogens (primary N) is 1. The summed E-state index contributed by atoms with van der Waals surface area (Å²) in [5.74, 6) is 1.14. The minimum atomic E-state index is -1.08. The fourth-order valence-electron chi connectivity index (χ4n) is 4.43. The monoisotopic (exact) mass is 495 g/mol. The third kappa shape index (κ3) is 4.19. The van der Waals surface area contributed by atoms with E-state index in [1.807, 2.05) is 18.2 Å². The maximum Gasteiger partial charge on any atom is 0.238 e. The Balaban J connectivity index is 1.60. The zero-order valence-electron chi connectivity index (χ0n) is 16.4. The van der Waals surface area contributed by atoms with Crippen molar-refractivity contribution in [3.63, 3.8) is 0 Å². The zero-order chi connectivity index (χ0) is 21.3. The van der Waals surface area contributed by atoms with E-state index in [1.54, 1.807) is 6.07 Å². The number of benzene rings is 1. The van der Waals surface area contributed by atoms with Gasteiger partial charge in [-0.2, -0.15) is 0 Å². The van der Waals surface area contributed by atoms with Gasteiger partial charge in [-0.1, -0.05) is 46.8 Å². The second-order valence-corrected chi connectivity index (χ2v) is 9.29. The van der Waals surface area contributed by atoms with E-state index in [4.69, 9.17) is 26.8 Å². The van der Waals surface area contributed by atoms with E-state index < -0.39 is 11.6 Å². The molecule has 30 heavy (non-hydrogen) atoms. The van der Waals surface area contributed by atoms with Crippen LogP contribution >= 0.6 is 27.5 Å². The Bertz CT molecular complexity index is 900. The molecule has 0 amide bonds. The third-order valence-corrected chi connectivity index (χ3v) is 6.74. The van der Waals surface area contributed by atoms with Crippen molar-refractivity contribution in [2.75, 3.05) is 13.2 Å². The lowest BCUT2D eigenvalue weighted by atomic mass is 9.82. The molecule has 1 aromatic heterocycles. The summed E-state index contributed by atoms with van der Waals surface area (Å²) in [5.41, 5.74) is 7.17. The highest BCUT2D eigenvalue weighted by Crippen LogP contribution is 2.46. The second-order valence-electron chi connectivity index (χ2n) is 7.98. The maximum absolute atomic E-state index is 11.7. The summed E-state index contributed by atoms with van der Waals surface area (Å²) in [7, 11) is 0. The minimum Gasteiger partial charge on any atom is -0.455 e. The first-order chi connectivity index (χ1) is 14.4. The predicted molar refractivity (Wildman–Crippen MR) is 117 cm³/mol. The lowest BCUT2D eigenvalue weighted by Crippen LogP contribution is -2.46. The van der Waals surface area contributed by atoms with E-state index in [0.29, 0.717) is 17.1 Å². The molecule has 2 unspecified atom stereocenters. The van der Waals surface area contributed by atoms with Crippen molar-refractivity contribution in [1.29, 1.82) is 0 Å². The van der Waals surface area contributed by atoms with Crippen molar-refractivity contribution in [3.05, 3.63) is 61.3 Å². The highest BCUT2D eigenvalue weighted by molar-refractivity contribution is 9.10. The van der Waals surface area contributed by atoms with Crippen molar-refractivity contribution in [2.45, 2.75) is 43.7 Å². The molecule has 2 N–H and O–H groups in total. The van der Waals surface area contributed by atoms with Gasteiger partial charge in [0, 0.05) is 26.4 Å². The number of hydrogen-bond donors (Lipinski definition) is 1. The number of hydrogen-bond acceptors (Lipinski definition) is 6. The van der Waals surface area contributed by atoms with Crippen LogP contribution in [0.3, 0.4) is 0 Å². The number of halogens is 2. The summed E-state index contributed by atoms with van der Waals surface area (Å²) in [5, 5.41) is 12.0. The molecule has 1 aliphatic carbocycles. The first-order valence-electron chi connectivity index (χ1n) is 10.0. The van der Waals surface area contributed by atoms with E-state index in [-0.39, 0.29) is 29.2 Å². The van der Waals surface area contributed by atoms with Crippen LogP contribution in [0.1, 0.15) is 43.2 Å². The Morgan fingerprint density at radius 3 is 2.77 bits per heavy atom. The summed E-state index contributed by atoms with van der Waals surface area (Å²) in [4.78, 5) is 15.6. The number of pyridine rings is 1. The average molecular weight is 497 g/mol. The van der Waals surface area contributed by atoms with Gasteiger partial charge in [0.15, 0.2) is 5.75 Å². The van der Waals surface area contributed by atoms with E-state index >= 15 is 0 Å². The van der Waals surface area contributed by atoms with Crippen molar-refractivity contribution >= 4 is 27.5 Å². The third-order valence-electron chi connectivity index (χ3n) is 6.04. The Labute approximate surface area is 188 Å². The molecule has 2 aromatic rings. The molecule has 160 valence electrons. The van der Waals surface area contributed by atoms with Gasteiger partial charge in [0.05, 0.1) is 18.3 Å². The summed E-state index contributed by atoms with van der Waals surface area (Å²) in [6.07, 6.45) is 6.49. The van der Waals surface area contributed by atoms with Crippen LogP contribution in [0.5, 0.6) is 11.5 Å². The van der Waals surface area contributed by atoms with Crippen molar-refractivity contribution in [3.8, 4) is 11.5 Å². The molecule has 2 heterocycles. The topological polar surface area (TPSA) is 101 Å². The Hall–Kier alpha value is -1.74. The van der Waals surface area contributed by atoms with Crippen LogP contribution in [-0.4, -0.2) is 29.2 Å². The van der Waals surface area contributed by atoms with E-state index in [1.165, 1.54) is 6.20 Å². The molecule has 0 bridgehead atoms. The van der Waals surface area contributed by atoms with Gasteiger partial charge in [0.1, 0.15) is 17.5 Å². The summed E-state index contributed by atoms with van der Waals surface area (Å²) >= 11 is 9.61. The minimum absolute atomic E-state index is 0.0228. The van der Waals surface area contributed by atoms with Crippen LogP contribution in [0, 0.1) is 16.0 Å². The van der Waals surface area contributed by atoms with Gasteiger partial charge in [0.2, 0.25) is 6.04 Å². The smallest absolute Gasteiger partial charge is 0.238 e. The van der Waals surface area contributed by atoms with Gasteiger partial charge < -0.3 is 15.2 Å². The van der Waals surface area contributed by atoms with Gasteiger partial charge in [-0.05, 0) is 37.1 Å². The molecule has 1 fully saturated rings. The van der Waals surface area contributed by atoms with Crippen molar-refractivity contribution < 1.29 is 14.4 Å². The number of ether oxygens (including phenoxy) is 2. The predicted octanol–water partition coefficient (Wildman–Crippen LogP) is 5.05. The van der Waals surface area contributed by atoms with E-state index in [9.17, 15) is 10.1 Å². The quantitative estimate of drug-likeness (QED) is 0.341. The molecule has 2 aliphatic rings. The van der Waals surface area contributed by atoms with Gasteiger partial charge in [0.25, 0.3) is 0 Å². The molecular weight excluding hydrogens is 474 g/mol.